The smallest absolute Gasteiger partial charge is 0.256 e. The number of nitrogens with zero attached hydrogens (tertiary/aromatic N) is 2. The van der Waals surface area contributed by atoms with Crippen LogP contribution in [0.1, 0.15) is 40.7 Å². The maximum atomic E-state index is 14.0. The van der Waals surface area contributed by atoms with Crippen LogP contribution in [-0.4, -0.2) is 43.5 Å². The summed E-state index contributed by atoms with van der Waals surface area (Å²) in [6, 6.07) is 6.88. The van der Waals surface area contributed by atoms with Crippen molar-refractivity contribution in [3.05, 3.63) is 58.7 Å². The van der Waals surface area contributed by atoms with Crippen LogP contribution in [0.15, 0.2) is 30.3 Å². The number of hydrogen-bond acceptors (Lipinski definition) is 3. The van der Waals surface area contributed by atoms with Gasteiger partial charge >= 0.3 is 0 Å². The minimum Gasteiger partial charge on any atom is -0.495 e. The lowest BCUT2D eigenvalue weighted by Crippen LogP contribution is -2.46. The summed E-state index contributed by atoms with van der Waals surface area (Å²) in [5.74, 6) is -1.51. The van der Waals surface area contributed by atoms with Crippen LogP contribution >= 0.6 is 0 Å². The van der Waals surface area contributed by atoms with E-state index in [4.69, 9.17) is 4.74 Å². The number of amides is 2. The van der Waals surface area contributed by atoms with E-state index in [9.17, 15) is 18.4 Å². The van der Waals surface area contributed by atoms with Crippen molar-refractivity contribution in [3.63, 3.8) is 0 Å². The third-order valence-electron chi connectivity index (χ3n) is 6.34. The Labute approximate surface area is 180 Å². The van der Waals surface area contributed by atoms with Crippen molar-refractivity contribution in [1.82, 2.24) is 4.90 Å². The zero-order chi connectivity index (χ0) is 22.1. The fourth-order valence-electron chi connectivity index (χ4n) is 4.62. The largest absolute Gasteiger partial charge is 0.495 e. The first-order valence-electron chi connectivity index (χ1n) is 10.6. The number of rotatable bonds is 3. The third-order valence-corrected chi connectivity index (χ3v) is 6.34. The molecule has 0 atom stereocenters. The van der Waals surface area contributed by atoms with Crippen molar-refractivity contribution < 1.29 is 23.1 Å². The van der Waals surface area contributed by atoms with Crippen molar-refractivity contribution in [2.45, 2.75) is 32.6 Å². The predicted molar refractivity (Wildman–Crippen MR) is 113 cm³/mol. The summed E-state index contributed by atoms with van der Waals surface area (Å²) in [5, 5.41) is 0. The molecule has 0 unspecified atom stereocenters. The normalized spacial score (nSPS) is 16.8. The number of piperidine rings is 1. The minimum absolute atomic E-state index is 0.0462. The number of carbonyl (C=O) groups excluding carboxylic acids is 2. The summed E-state index contributed by atoms with van der Waals surface area (Å²) in [7, 11) is 1.61. The molecule has 0 N–H and O–H groups in total. The average molecular weight is 428 g/mol. The van der Waals surface area contributed by atoms with E-state index in [0.29, 0.717) is 44.3 Å². The Morgan fingerprint density at radius 1 is 1.06 bits per heavy atom. The lowest BCUT2D eigenvalue weighted by molar-refractivity contribution is -0.123. The molecule has 0 bridgehead atoms. The summed E-state index contributed by atoms with van der Waals surface area (Å²) in [6.07, 6.45) is 2.83. The van der Waals surface area contributed by atoms with Crippen LogP contribution in [-0.2, 0) is 11.2 Å². The molecule has 1 saturated heterocycles. The first-order valence-corrected chi connectivity index (χ1v) is 10.6. The van der Waals surface area contributed by atoms with Gasteiger partial charge in [-0.2, -0.15) is 0 Å². The Kier molecular flexibility index (Phi) is 5.94. The molecule has 7 heteroatoms. The van der Waals surface area contributed by atoms with Gasteiger partial charge in [-0.3, -0.25) is 9.59 Å². The summed E-state index contributed by atoms with van der Waals surface area (Å²) in [5.41, 5.74) is 3.02. The minimum atomic E-state index is -0.865. The zero-order valence-corrected chi connectivity index (χ0v) is 17.8. The van der Waals surface area contributed by atoms with Crippen LogP contribution in [0.25, 0.3) is 0 Å². The zero-order valence-electron chi connectivity index (χ0n) is 17.8. The van der Waals surface area contributed by atoms with Gasteiger partial charge in [0.1, 0.15) is 17.4 Å². The lowest BCUT2D eigenvalue weighted by atomic mass is 9.91. The highest BCUT2D eigenvalue weighted by Crippen LogP contribution is 2.39. The quantitative estimate of drug-likeness (QED) is 0.739. The fourth-order valence-corrected chi connectivity index (χ4v) is 4.62. The van der Waals surface area contributed by atoms with Crippen molar-refractivity contribution in [1.29, 1.82) is 0 Å². The van der Waals surface area contributed by atoms with E-state index in [1.165, 1.54) is 11.0 Å². The fraction of sp³-hybridized carbons (Fsp3) is 0.417. The summed E-state index contributed by atoms with van der Waals surface area (Å²) in [6.45, 7) is 3.41. The molecule has 2 heterocycles. The van der Waals surface area contributed by atoms with Gasteiger partial charge in [-0.15, -0.1) is 0 Å². The molecule has 164 valence electrons. The van der Waals surface area contributed by atoms with Gasteiger partial charge in [0.25, 0.3) is 5.91 Å². The van der Waals surface area contributed by atoms with E-state index in [0.717, 1.165) is 35.7 Å². The van der Waals surface area contributed by atoms with E-state index in [1.807, 2.05) is 24.0 Å². The van der Waals surface area contributed by atoms with Gasteiger partial charge in [-0.25, -0.2) is 8.78 Å². The highest BCUT2D eigenvalue weighted by Gasteiger charge is 2.34. The number of carbonyl (C=O) groups is 2. The Morgan fingerprint density at radius 2 is 1.81 bits per heavy atom. The maximum absolute atomic E-state index is 14.0. The van der Waals surface area contributed by atoms with Gasteiger partial charge in [0.15, 0.2) is 0 Å². The highest BCUT2D eigenvalue weighted by atomic mass is 19.1. The van der Waals surface area contributed by atoms with Gasteiger partial charge in [0.2, 0.25) is 5.91 Å². The molecule has 31 heavy (non-hydrogen) atoms. The Bertz CT molecular complexity index is 1020. The van der Waals surface area contributed by atoms with Crippen molar-refractivity contribution in [2.75, 3.05) is 31.6 Å². The molecule has 0 spiro atoms. The summed E-state index contributed by atoms with van der Waals surface area (Å²) >= 11 is 0. The number of benzene rings is 2. The van der Waals surface area contributed by atoms with Gasteiger partial charge < -0.3 is 14.5 Å². The molecule has 0 saturated carbocycles. The number of likely N-dealkylation sites (tertiary alicyclic amines) is 1. The topological polar surface area (TPSA) is 49.9 Å². The number of aryl methyl sites for hydroxylation is 1. The van der Waals surface area contributed by atoms with Crippen LogP contribution in [0, 0.1) is 24.5 Å². The van der Waals surface area contributed by atoms with Gasteiger partial charge in [0, 0.05) is 31.6 Å². The SMILES string of the molecule is COc1ccc(C)c2c1N(C(=O)C1CCN(C(=O)c3ccc(F)cc3F)CC1)CCC2. The second-order valence-corrected chi connectivity index (χ2v) is 8.20. The lowest BCUT2D eigenvalue weighted by Gasteiger charge is -2.37. The third kappa shape index (κ3) is 4.01. The first kappa shape index (κ1) is 21.3. The number of ether oxygens (including phenoxy) is 1. The summed E-state index contributed by atoms with van der Waals surface area (Å²) in [4.78, 5) is 29.4. The van der Waals surface area contributed by atoms with E-state index in [-0.39, 0.29) is 17.4 Å². The first-order chi connectivity index (χ1) is 14.9. The molecule has 4 rings (SSSR count). The number of hydrogen-bond donors (Lipinski definition) is 0. The van der Waals surface area contributed by atoms with Crippen LogP contribution in [0.2, 0.25) is 0 Å². The number of halogens is 2. The van der Waals surface area contributed by atoms with Crippen LogP contribution in [0.4, 0.5) is 14.5 Å². The second-order valence-electron chi connectivity index (χ2n) is 8.20. The molecule has 0 radical (unpaired) electrons. The monoisotopic (exact) mass is 428 g/mol. The number of methoxy groups -OCH3 is 1. The van der Waals surface area contributed by atoms with Gasteiger partial charge in [-0.1, -0.05) is 6.07 Å². The Morgan fingerprint density at radius 3 is 2.48 bits per heavy atom. The maximum Gasteiger partial charge on any atom is 0.256 e. The molecule has 2 aromatic carbocycles. The van der Waals surface area contributed by atoms with E-state index < -0.39 is 17.5 Å². The molecular formula is C24H26F2N2O3. The average Bonchev–Trinajstić information content (AvgIpc) is 2.78. The van der Waals surface area contributed by atoms with Gasteiger partial charge in [0.05, 0.1) is 18.4 Å². The second kappa shape index (κ2) is 8.65. The predicted octanol–water partition coefficient (Wildman–Crippen LogP) is 4.11. The molecule has 1 fully saturated rings. The number of anilines is 1. The molecule has 0 aliphatic carbocycles. The Hall–Kier alpha value is -2.96. The Balaban J connectivity index is 1.47. The standard InChI is InChI=1S/C24H26F2N2O3/c1-15-5-8-21(31-2)22-18(15)4-3-11-28(22)23(29)16-9-12-27(13-10-16)24(30)19-7-6-17(25)14-20(19)26/h5-8,14,16H,3-4,9-13H2,1-2H3. The molecule has 2 aliphatic rings. The van der Waals surface area contributed by atoms with E-state index >= 15 is 0 Å². The van der Waals surface area contributed by atoms with Crippen molar-refractivity contribution >= 4 is 17.5 Å². The molecule has 2 aliphatic heterocycles. The molecule has 2 aromatic rings. The van der Waals surface area contributed by atoms with E-state index in [1.54, 1.807) is 7.11 Å². The van der Waals surface area contributed by atoms with Crippen LogP contribution in [0.3, 0.4) is 0 Å². The van der Waals surface area contributed by atoms with Crippen molar-refractivity contribution in [3.8, 4) is 5.75 Å². The van der Waals surface area contributed by atoms with Crippen LogP contribution in [0.5, 0.6) is 5.75 Å². The number of fused-ring (bicyclic) bond motifs is 1. The van der Waals surface area contributed by atoms with Crippen molar-refractivity contribution in [2.24, 2.45) is 5.92 Å². The molecular weight excluding hydrogens is 402 g/mol. The highest BCUT2D eigenvalue weighted by molar-refractivity contribution is 5.98. The molecule has 0 aromatic heterocycles. The summed E-state index contributed by atoms with van der Waals surface area (Å²) < 4.78 is 32.7. The van der Waals surface area contributed by atoms with Crippen LogP contribution < -0.4 is 9.64 Å². The van der Waals surface area contributed by atoms with Gasteiger partial charge in [-0.05, 0) is 61.9 Å². The van der Waals surface area contributed by atoms with E-state index in [2.05, 4.69) is 0 Å². The molecule has 5 nitrogen and oxygen atoms in total. The molecule has 2 amide bonds.